The van der Waals surface area contributed by atoms with Gasteiger partial charge in [-0.05, 0) is 25.8 Å². The Balaban J connectivity index is 1.64. The van der Waals surface area contributed by atoms with Gasteiger partial charge in [0.2, 0.25) is 11.8 Å². The smallest absolute Gasteiger partial charge is 0.245 e. The van der Waals surface area contributed by atoms with E-state index in [0.29, 0.717) is 13.1 Å². The highest BCUT2D eigenvalue weighted by Crippen LogP contribution is 2.20. The van der Waals surface area contributed by atoms with E-state index in [2.05, 4.69) is 4.98 Å². The molecule has 0 radical (unpaired) electrons. The van der Waals surface area contributed by atoms with Crippen molar-refractivity contribution in [3.05, 3.63) is 52.0 Å². The summed E-state index contributed by atoms with van der Waals surface area (Å²) < 4.78 is 0. The Morgan fingerprint density at radius 1 is 1.25 bits per heavy atom. The third-order valence-corrected chi connectivity index (χ3v) is 5.37. The molecule has 0 aliphatic carbocycles. The minimum absolute atomic E-state index is 0.00274. The van der Waals surface area contributed by atoms with Crippen LogP contribution in [0.4, 0.5) is 0 Å². The summed E-state index contributed by atoms with van der Waals surface area (Å²) in [5, 5.41) is 0. The Hall–Kier alpha value is -2.21. The van der Waals surface area contributed by atoms with Gasteiger partial charge in [0, 0.05) is 11.4 Å². The van der Waals surface area contributed by atoms with E-state index in [1.807, 2.05) is 44.2 Å². The van der Waals surface area contributed by atoms with Crippen LogP contribution in [-0.4, -0.2) is 45.7 Å². The lowest BCUT2D eigenvalue weighted by molar-refractivity contribution is -0.155. The maximum Gasteiger partial charge on any atom is 0.245 e. The number of carbonyl (C=O) groups excluding carboxylic acids is 2. The van der Waals surface area contributed by atoms with Gasteiger partial charge in [0.05, 0.1) is 24.3 Å². The van der Waals surface area contributed by atoms with Crippen LogP contribution in [0.15, 0.2) is 35.8 Å². The first-order valence-corrected chi connectivity index (χ1v) is 8.95. The first-order valence-electron chi connectivity index (χ1n) is 8.07. The molecule has 2 heterocycles. The molecule has 1 aromatic heterocycles. The van der Waals surface area contributed by atoms with Gasteiger partial charge in [0.1, 0.15) is 6.04 Å². The Morgan fingerprint density at radius 2 is 2.00 bits per heavy atom. The Kier molecular flexibility index (Phi) is 4.94. The predicted octanol–water partition coefficient (Wildman–Crippen LogP) is 2.25. The lowest BCUT2D eigenvalue weighted by Crippen LogP contribution is -2.58. The molecule has 1 aliphatic rings. The molecule has 1 atom stereocenters. The number of nitrogens with zero attached hydrogens (tertiary/aromatic N) is 3. The summed E-state index contributed by atoms with van der Waals surface area (Å²) in [5.41, 5.74) is 3.88. The van der Waals surface area contributed by atoms with Crippen molar-refractivity contribution in [2.24, 2.45) is 0 Å². The third-order valence-electron chi connectivity index (χ3n) is 4.46. The molecule has 24 heavy (non-hydrogen) atoms. The molecule has 0 N–H and O–H groups in total. The van der Waals surface area contributed by atoms with Crippen LogP contribution < -0.4 is 0 Å². The fourth-order valence-corrected chi connectivity index (χ4v) is 3.68. The largest absolute Gasteiger partial charge is 0.331 e. The van der Waals surface area contributed by atoms with Crippen LogP contribution in [0.5, 0.6) is 0 Å². The van der Waals surface area contributed by atoms with Crippen molar-refractivity contribution < 1.29 is 9.59 Å². The topological polar surface area (TPSA) is 53.5 Å². The molecule has 5 nitrogen and oxygen atoms in total. The number of aromatic nitrogens is 1. The van der Waals surface area contributed by atoms with Crippen molar-refractivity contribution >= 4 is 23.2 Å². The van der Waals surface area contributed by atoms with Crippen LogP contribution in [-0.2, 0) is 22.6 Å². The van der Waals surface area contributed by atoms with Crippen LogP contribution in [0.2, 0.25) is 0 Å². The molecule has 2 amide bonds. The molecule has 0 spiro atoms. The number of amides is 2. The second-order valence-electron chi connectivity index (χ2n) is 6.05. The number of benzene rings is 1. The summed E-state index contributed by atoms with van der Waals surface area (Å²) in [6, 6.07) is 9.60. The molecule has 0 bridgehead atoms. The average molecular weight is 343 g/mol. The van der Waals surface area contributed by atoms with Gasteiger partial charge in [-0.1, -0.05) is 30.3 Å². The molecule has 2 aromatic rings. The van der Waals surface area contributed by atoms with Crippen LogP contribution in [0.25, 0.3) is 0 Å². The zero-order valence-corrected chi connectivity index (χ0v) is 14.8. The second kappa shape index (κ2) is 7.13. The molecule has 1 aromatic carbocycles. The van der Waals surface area contributed by atoms with Crippen molar-refractivity contribution in [1.82, 2.24) is 14.8 Å². The Bertz CT molecular complexity index is 729. The highest BCUT2D eigenvalue weighted by atomic mass is 32.1. The number of rotatable bonds is 5. The number of hydrogen-bond donors (Lipinski definition) is 0. The Morgan fingerprint density at radius 3 is 2.67 bits per heavy atom. The second-order valence-corrected chi connectivity index (χ2v) is 6.99. The number of thiazole rings is 1. The van der Waals surface area contributed by atoms with Crippen LogP contribution in [0, 0.1) is 6.92 Å². The highest BCUT2D eigenvalue weighted by molar-refractivity contribution is 7.09. The van der Waals surface area contributed by atoms with Gasteiger partial charge in [-0.25, -0.2) is 4.98 Å². The van der Waals surface area contributed by atoms with E-state index in [-0.39, 0.29) is 18.4 Å². The lowest BCUT2D eigenvalue weighted by atomic mass is 10.1. The summed E-state index contributed by atoms with van der Waals surface area (Å²) in [7, 11) is 0. The number of piperazine rings is 1. The van der Waals surface area contributed by atoms with Gasteiger partial charge < -0.3 is 9.80 Å². The van der Waals surface area contributed by atoms with Gasteiger partial charge in [-0.3, -0.25) is 9.59 Å². The standard InChI is InChI=1S/C18H21N3O2S/c1-13-16(24-12-19-13)10-21-14(2)18(23)20(11-17(21)22)9-8-15-6-4-3-5-7-15/h3-7,12,14H,8-11H2,1-2H3/t14-/m1/s1. The summed E-state index contributed by atoms with van der Waals surface area (Å²) in [5.74, 6) is 0.0238. The fourth-order valence-electron chi connectivity index (χ4n) is 2.90. The van der Waals surface area contributed by atoms with E-state index in [1.165, 1.54) is 16.9 Å². The van der Waals surface area contributed by atoms with Crippen molar-refractivity contribution in [2.45, 2.75) is 32.9 Å². The summed E-state index contributed by atoms with van der Waals surface area (Å²) in [6.07, 6.45) is 0.764. The molecule has 1 saturated heterocycles. The van der Waals surface area contributed by atoms with Crippen molar-refractivity contribution in [3.63, 3.8) is 0 Å². The zero-order valence-electron chi connectivity index (χ0n) is 13.9. The number of hydrogen-bond acceptors (Lipinski definition) is 4. The van der Waals surface area contributed by atoms with Crippen molar-refractivity contribution in [1.29, 1.82) is 0 Å². The third kappa shape index (κ3) is 3.48. The predicted molar refractivity (Wildman–Crippen MR) is 93.6 cm³/mol. The maximum atomic E-state index is 12.6. The van der Waals surface area contributed by atoms with E-state index in [9.17, 15) is 9.59 Å². The van der Waals surface area contributed by atoms with Gasteiger partial charge in [-0.15, -0.1) is 11.3 Å². The minimum atomic E-state index is -0.427. The van der Waals surface area contributed by atoms with Crippen LogP contribution in [0.1, 0.15) is 23.1 Å². The van der Waals surface area contributed by atoms with Crippen molar-refractivity contribution in [2.75, 3.05) is 13.1 Å². The van der Waals surface area contributed by atoms with E-state index in [4.69, 9.17) is 0 Å². The van der Waals surface area contributed by atoms with E-state index in [0.717, 1.165) is 17.0 Å². The first kappa shape index (κ1) is 16.6. The SMILES string of the molecule is Cc1ncsc1CN1C(=O)CN(CCc2ccccc2)C(=O)[C@H]1C. The van der Waals surface area contributed by atoms with E-state index < -0.39 is 6.04 Å². The minimum Gasteiger partial charge on any atom is -0.331 e. The molecule has 1 fully saturated rings. The molecule has 6 heteroatoms. The summed E-state index contributed by atoms with van der Waals surface area (Å²) in [4.78, 5) is 33.8. The van der Waals surface area contributed by atoms with Crippen LogP contribution in [0.3, 0.4) is 0 Å². The molecule has 1 aliphatic heterocycles. The maximum absolute atomic E-state index is 12.6. The molecular weight excluding hydrogens is 322 g/mol. The number of carbonyl (C=O) groups is 2. The van der Waals surface area contributed by atoms with Gasteiger partial charge >= 0.3 is 0 Å². The van der Waals surface area contributed by atoms with Gasteiger partial charge in [-0.2, -0.15) is 0 Å². The zero-order chi connectivity index (χ0) is 17.1. The van der Waals surface area contributed by atoms with Gasteiger partial charge in [0.15, 0.2) is 0 Å². The average Bonchev–Trinajstić information content (AvgIpc) is 2.99. The molecule has 0 saturated carbocycles. The normalized spacial score (nSPS) is 18.3. The molecule has 0 unspecified atom stereocenters. The lowest BCUT2D eigenvalue weighted by Gasteiger charge is -2.38. The molecular formula is C18H21N3O2S. The van der Waals surface area contributed by atoms with Crippen molar-refractivity contribution in [3.8, 4) is 0 Å². The summed E-state index contributed by atoms with van der Waals surface area (Å²) >= 11 is 1.53. The van der Waals surface area contributed by atoms with Crippen LogP contribution >= 0.6 is 11.3 Å². The van der Waals surface area contributed by atoms with E-state index >= 15 is 0 Å². The highest BCUT2D eigenvalue weighted by Gasteiger charge is 2.36. The monoisotopic (exact) mass is 343 g/mol. The number of aryl methyl sites for hydroxylation is 1. The first-order chi connectivity index (χ1) is 11.6. The molecule has 126 valence electrons. The fraction of sp³-hybridized carbons (Fsp3) is 0.389. The van der Waals surface area contributed by atoms with Gasteiger partial charge in [0.25, 0.3) is 0 Å². The van der Waals surface area contributed by atoms with E-state index in [1.54, 1.807) is 15.3 Å². The summed E-state index contributed by atoms with van der Waals surface area (Å²) in [6.45, 7) is 4.94. The Labute approximate surface area is 145 Å². The molecule has 3 rings (SSSR count). The quantitative estimate of drug-likeness (QED) is 0.837.